The second-order valence-corrected chi connectivity index (χ2v) is 3.40. The maximum absolute atomic E-state index is 10.4. The molecule has 1 heterocycles. The van der Waals surface area contributed by atoms with E-state index in [1.54, 1.807) is 12.4 Å². The topological polar surface area (TPSA) is 92.0 Å². The average Bonchev–Trinajstić information content (AvgIpc) is 2.89. The normalized spacial score (nSPS) is 11.1. The number of rotatable bonds is 3. The van der Waals surface area contributed by atoms with Crippen LogP contribution in [0, 0.1) is 0 Å². The van der Waals surface area contributed by atoms with E-state index in [1.807, 2.05) is 36.4 Å². The lowest BCUT2D eigenvalue weighted by Gasteiger charge is -2.04. The number of nitrogens with two attached hydrogens (primary N) is 1. The summed E-state index contributed by atoms with van der Waals surface area (Å²) in [7, 11) is 0. The van der Waals surface area contributed by atoms with Gasteiger partial charge in [0.05, 0.1) is 0 Å². The van der Waals surface area contributed by atoms with Crippen LogP contribution >= 0.6 is 0 Å². The molecule has 0 bridgehead atoms. The Morgan fingerprint density at radius 2 is 2.06 bits per heavy atom. The van der Waals surface area contributed by atoms with Crippen molar-refractivity contribution >= 4 is 5.97 Å². The molecule has 4 N–H and O–H groups in total. The number of hydrogen-bond donors (Lipinski definition) is 3. The molecule has 0 unspecified atom stereocenters. The van der Waals surface area contributed by atoms with Gasteiger partial charge in [-0.1, -0.05) is 30.3 Å². The summed E-state index contributed by atoms with van der Waals surface area (Å²) in [6, 6.07) is 10.4. The van der Waals surface area contributed by atoms with Crippen molar-refractivity contribution in [2.45, 2.75) is 12.5 Å². The van der Waals surface area contributed by atoms with Crippen LogP contribution in [0.3, 0.4) is 0 Å². The highest BCUT2D eigenvalue weighted by atomic mass is 16.4. The molecule has 90 valence electrons. The molecule has 2 aromatic rings. The monoisotopic (exact) mass is 233 g/mol. The molecular formula is C12H15N3O2. The zero-order chi connectivity index (χ0) is 12.5. The first-order valence-corrected chi connectivity index (χ1v) is 5.16. The lowest BCUT2D eigenvalue weighted by Crippen LogP contribution is -2.32. The van der Waals surface area contributed by atoms with Gasteiger partial charge in [0.25, 0.3) is 0 Å². The molecule has 1 aromatic carbocycles. The number of aliphatic carboxylic acids is 1. The molecule has 0 amide bonds. The Labute approximate surface area is 99.3 Å². The molecule has 5 nitrogen and oxygen atoms in total. The Morgan fingerprint density at radius 1 is 1.35 bits per heavy atom. The summed E-state index contributed by atoms with van der Waals surface area (Å²) in [5.74, 6) is -0.959. The van der Waals surface area contributed by atoms with Crippen LogP contribution in [-0.2, 0) is 11.2 Å². The number of carbonyl (C=O) groups is 1. The standard InChI is InChI=1S/C9H11NO2.C3H4N2/c10-8(9(11)12)6-7-4-2-1-3-5-7;1-2-4-5-3-1/h1-5,8H,6,10H2,(H,11,12);1-3H,(H,4,5)/t8-;/m1./s1. The molecule has 0 saturated heterocycles. The molecule has 0 radical (unpaired) electrons. The molecule has 0 aliphatic rings. The quantitative estimate of drug-likeness (QED) is 0.738. The molecule has 0 spiro atoms. The van der Waals surface area contributed by atoms with Crippen LogP contribution < -0.4 is 5.73 Å². The zero-order valence-electron chi connectivity index (χ0n) is 9.28. The van der Waals surface area contributed by atoms with Gasteiger partial charge in [0, 0.05) is 12.4 Å². The second kappa shape index (κ2) is 7.19. The van der Waals surface area contributed by atoms with E-state index in [2.05, 4.69) is 10.2 Å². The third kappa shape index (κ3) is 5.48. The minimum Gasteiger partial charge on any atom is -0.480 e. The van der Waals surface area contributed by atoms with Gasteiger partial charge in [-0.25, -0.2) is 0 Å². The summed E-state index contributed by atoms with van der Waals surface area (Å²) in [5, 5.41) is 14.7. The van der Waals surface area contributed by atoms with Crippen LogP contribution in [0.15, 0.2) is 48.8 Å². The molecule has 2 rings (SSSR count). The van der Waals surface area contributed by atoms with Crippen LogP contribution in [0.2, 0.25) is 0 Å². The van der Waals surface area contributed by atoms with Crippen LogP contribution in [0.25, 0.3) is 0 Å². The SMILES string of the molecule is N[C@H](Cc1ccccc1)C(=O)O.c1cn[nH]c1. The van der Waals surface area contributed by atoms with E-state index >= 15 is 0 Å². The molecule has 0 aliphatic carbocycles. The maximum Gasteiger partial charge on any atom is 0.320 e. The Bertz CT molecular complexity index is 397. The van der Waals surface area contributed by atoms with Crippen molar-refractivity contribution in [1.29, 1.82) is 0 Å². The number of aromatic nitrogens is 2. The summed E-state index contributed by atoms with van der Waals surface area (Å²) in [6.07, 6.45) is 3.84. The molecule has 5 heteroatoms. The maximum atomic E-state index is 10.4. The molecule has 0 aliphatic heterocycles. The van der Waals surface area contributed by atoms with Gasteiger partial charge in [-0.05, 0) is 18.1 Å². The highest BCUT2D eigenvalue weighted by Crippen LogP contribution is 2.01. The van der Waals surface area contributed by atoms with E-state index in [9.17, 15) is 4.79 Å². The number of benzene rings is 1. The molecular weight excluding hydrogens is 218 g/mol. The van der Waals surface area contributed by atoms with Crippen molar-refractivity contribution in [2.75, 3.05) is 0 Å². The van der Waals surface area contributed by atoms with Gasteiger partial charge in [-0.3, -0.25) is 9.89 Å². The first kappa shape index (κ1) is 12.9. The Kier molecular flexibility index (Phi) is 5.46. The highest BCUT2D eigenvalue weighted by Gasteiger charge is 2.10. The highest BCUT2D eigenvalue weighted by molar-refractivity contribution is 5.73. The Morgan fingerprint density at radius 3 is 2.47 bits per heavy atom. The van der Waals surface area contributed by atoms with Crippen molar-refractivity contribution in [3.05, 3.63) is 54.4 Å². The van der Waals surface area contributed by atoms with Crippen LogP contribution in [0.4, 0.5) is 0 Å². The number of carboxylic acid groups (broad SMARTS) is 1. The summed E-state index contributed by atoms with van der Waals surface area (Å²) in [6.45, 7) is 0. The summed E-state index contributed by atoms with van der Waals surface area (Å²) < 4.78 is 0. The average molecular weight is 233 g/mol. The van der Waals surface area contributed by atoms with Gasteiger partial charge in [0.2, 0.25) is 0 Å². The largest absolute Gasteiger partial charge is 0.480 e. The predicted octanol–water partition coefficient (Wildman–Crippen LogP) is 1.05. The second-order valence-electron chi connectivity index (χ2n) is 3.40. The minimum absolute atomic E-state index is 0.385. The molecule has 1 aromatic heterocycles. The number of carboxylic acids is 1. The third-order valence-electron chi connectivity index (χ3n) is 2.02. The summed E-state index contributed by atoms with van der Waals surface area (Å²) >= 11 is 0. The van der Waals surface area contributed by atoms with Gasteiger partial charge in [0.15, 0.2) is 0 Å². The Hall–Kier alpha value is -2.14. The van der Waals surface area contributed by atoms with Gasteiger partial charge in [0.1, 0.15) is 6.04 Å². The van der Waals surface area contributed by atoms with Crippen LogP contribution in [-0.4, -0.2) is 27.3 Å². The van der Waals surface area contributed by atoms with E-state index in [4.69, 9.17) is 10.8 Å². The predicted molar refractivity (Wildman–Crippen MR) is 64.3 cm³/mol. The number of aromatic amines is 1. The van der Waals surface area contributed by atoms with Gasteiger partial charge < -0.3 is 10.8 Å². The Balaban J connectivity index is 0.000000239. The van der Waals surface area contributed by atoms with E-state index in [1.165, 1.54) is 0 Å². The van der Waals surface area contributed by atoms with Gasteiger partial charge in [-0.15, -0.1) is 0 Å². The van der Waals surface area contributed by atoms with Crippen molar-refractivity contribution < 1.29 is 9.90 Å². The number of H-pyrrole nitrogens is 1. The van der Waals surface area contributed by atoms with Crippen molar-refractivity contribution in [3.63, 3.8) is 0 Å². The molecule has 17 heavy (non-hydrogen) atoms. The zero-order valence-corrected chi connectivity index (χ0v) is 9.28. The lowest BCUT2D eigenvalue weighted by molar-refractivity contribution is -0.138. The lowest BCUT2D eigenvalue weighted by atomic mass is 10.1. The molecule has 0 fully saturated rings. The fraction of sp³-hybridized carbons (Fsp3) is 0.167. The molecule has 1 atom stereocenters. The van der Waals surface area contributed by atoms with Gasteiger partial charge in [-0.2, -0.15) is 5.10 Å². The van der Waals surface area contributed by atoms with Crippen molar-refractivity contribution in [2.24, 2.45) is 5.73 Å². The number of nitrogens with zero attached hydrogens (tertiary/aromatic N) is 1. The van der Waals surface area contributed by atoms with E-state index in [0.29, 0.717) is 6.42 Å². The van der Waals surface area contributed by atoms with E-state index < -0.39 is 12.0 Å². The number of nitrogens with one attached hydrogen (secondary N) is 1. The van der Waals surface area contributed by atoms with Gasteiger partial charge >= 0.3 is 5.97 Å². The van der Waals surface area contributed by atoms with E-state index in [-0.39, 0.29) is 0 Å². The number of hydrogen-bond acceptors (Lipinski definition) is 3. The van der Waals surface area contributed by atoms with E-state index in [0.717, 1.165) is 5.56 Å². The fourth-order valence-corrected chi connectivity index (χ4v) is 1.17. The fourth-order valence-electron chi connectivity index (χ4n) is 1.17. The van der Waals surface area contributed by atoms with Crippen LogP contribution in [0.5, 0.6) is 0 Å². The smallest absolute Gasteiger partial charge is 0.320 e. The van der Waals surface area contributed by atoms with Crippen molar-refractivity contribution in [1.82, 2.24) is 10.2 Å². The molecule has 0 saturated carbocycles. The first-order valence-electron chi connectivity index (χ1n) is 5.16. The summed E-state index contributed by atoms with van der Waals surface area (Å²) in [5.41, 5.74) is 6.30. The first-order chi connectivity index (χ1) is 8.20. The minimum atomic E-state index is -0.959. The summed E-state index contributed by atoms with van der Waals surface area (Å²) in [4.78, 5) is 10.4. The van der Waals surface area contributed by atoms with Crippen molar-refractivity contribution in [3.8, 4) is 0 Å². The van der Waals surface area contributed by atoms with Crippen LogP contribution in [0.1, 0.15) is 5.56 Å². The third-order valence-corrected chi connectivity index (χ3v) is 2.02.